The number of carboxylic acid groups (broad SMARTS) is 1. The number of nitrogens with zero attached hydrogens (tertiary/aromatic N) is 1. The van der Waals surface area contributed by atoms with Crippen LogP contribution in [0.1, 0.15) is 39.6 Å². The van der Waals surface area contributed by atoms with Crippen LogP contribution in [0.2, 0.25) is 0 Å². The molecule has 1 atom stereocenters. The number of ketones is 1. The fourth-order valence-electron chi connectivity index (χ4n) is 2.91. The summed E-state index contributed by atoms with van der Waals surface area (Å²) in [6, 6.07) is 10.8. The quantitative estimate of drug-likeness (QED) is 0.787. The van der Waals surface area contributed by atoms with E-state index in [0.29, 0.717) is 29.9 Å². The number of benzene rings is 1. The second-order valence-electron chi connectivity index (χ2n) is 5.11. The maximum atomic E-state index is 12.6. The molecule has 2 aromatic rings. The average molecular weight is 268 g/mol. The number of hydrogen-bond donors (Lipinski definition) is 0. The van der Waals surface area contributed by atoms with Gasteiger partial charge in [0.25, 0.3) is 0 Å². The Bertz CT molecular complexity index is 685. The van der Waals surface area contributed by atoms with Crippen molar-refractivity contribution in [2.75, 3.05) is 0 Å². The molecule has 0 fully saturated rings. The second-order valence-corrected chi connectivity index (χ2v) is 5.11. The van der Waals surface area contributed by atoms with E-state index in [-0.39, 0.29) is 5.78 Å². The van der Waals surface area contributed by atoms with Crippen LogP contribution in [0.5, 0.6) is 0 Å². The van der Waals surface area contributed by atoms with Gasteiger partial charge in [0.05, 0.1) is 11.7 Å². The van der Waals surface area contributed by atoms with E-state index in [2.05, 4.69) is 0 Å². The molecule has 1 unspecified atom stereocenters. The predicted molar refractivity (Wildman–Crippen MR) is 71.4 cm³/mol. The number of aliphatic carboxylic acids is 1. The maximum absolute atomic E-state index is 12.6. The van der Waals surface area contributed by atoms with Gasteiger partial charge in [-0.2, -0.15) is 0 Å². The Kier molecular flexibility index (Phi) is 2.93. The molecule has 20 heavy (non-hydrogen) atoms. The molecule has 102 valence electrons. The van der Waals surface area contributed by atoms with E-state index in [1.807, 2.05) is 29.7 Å². The van der Waals surface area contributed by atoms with E-state index in [1.165, 1.54) is 0 Å². The Labute approximate surface area is 116 Å². The van der Waals surface area contributed by atoms with E-state index >= 15 is 0 Å². The lowest BCUT2D eigenvalue weighted by molar-refractivity contribution is -0.307. The minimum Gasteiger partial charge on any atom is -0.549 e. The SMILES string of the molecule is Cc1cc2n(c1C(=O)c1ccccc1)CCC2C(=O)[O-]. The minimum absolute atomic E-state index is 0.0617. The molecule has 4 nitrogen and oxygen atoms in total. The molecule has 1 aromatic carbocycles. The Balaban J connectivity index is 2.07. The highest BCUT2D eigenvalue weighted by Crippen LogP contribution is 2.33. The first-order valence-corrected chi connectivity index (χ1v) is 6.60. The van der Waals surface area contributed by atoms with Gasteiger partial charge in [-0.3, -0.25) is 4.79 Å². The Hall–Kier alpha value is -2.36. The number of fused-ring (bicyclic) bond motifs is 1. The number of aromatic nitrogens is 1. The number of hydrogen-bond acceptors (Lipinski definition) is 3. The van der Waals surface area contributed by atoms with Crippen LogP contribution in [0.3, 0.4) is 0 Å². The third-order valence-corrected chi connectivity index (χ3v) is 3.85. The first-order valence-electron chi connectivity index (χ1n) is 6.60. The number of rotatable bonds is 3. The molecule has 1 aromatic heterocycles. The summed E-state index contributed by atoms with van der Waals surface area (Å²) in [5, 5.41) is 11.1. The van der Waals surface area contributed by atoms with Crippen molar-refractivity contribution >= 4 is 11.8 Å². The third-order valence-electron chi connectivity index (χ3n) is 3.85. The highest BCUT2D eigenvalue weighted by atomic mass is 16.4. The van der Waals surface area contributed by atoms with Crippen molar-refractivity contribution in [2.24, 2.45) is 0 Å². The number of aryl methyl sites for hydroxylation is 1. The summed E-state index contributed by atoms with van der Waals surface area (Å²) in [5.41, 5.74) is 2.71. The summed E-state index contributed by atoms with van der Waals surface area (Å²) in [5.74, 6) is -1.74. The van der Waals surface area contributed by atoms with Crippen LogP contribution >= 0.6 is 0 Å². The number of carbonyl (C=O) groups is 2. The minimum atomic E-state index is -1.07. The average Bonchev–Trinajstić information content (AvgIpc) is 2.96. The van der Waals surface area contributed by atoms with Crippen LogP contribution in [0.25, 0.3) is 0 Å². The van der Waals surface area contributed by atoms with Gasteiger partial charge in [0.1, 0.15) is 0 Å². The van der Waals surface area contributed by atoms with Crippen molar-refractivity contribution in [1.82, 2.24) is 4.57 Å². The van der Waals surface area contributed by atoms with Crippen LogP contribution in [0.4, 0.5) is 0 Å². The molecular weight excluding hydrogens is 254 g/mol. The van der Waals surface area contributed by atoms with Crippen molar-refractivity contribution in [3.63, 3.8) is 0 Å². The monoisotopic (exact) mass is 268 g/mol. The summed E-state index contributed by atoms with van der Waals surface area (Å²) in [6.45, 7) is 2.39. The summed E-state index contributed by atoms with van der Waals surface area (Å²) in [7, 11) is 0. The molecule has 0 spiro atoms. The summed E-state index contributed by atoms with van der Waals surface area (Å²) in [4.78, 5) is 23.7. The number of carbonyl (C=O) groups excluding carboxylic acids is 2. The molecule has 0 bridgehead atoms. The van der Waals surface area contributed by atoms with Gasteiger partial charge in [0.2, 0.25) is 5.78 Å². The fourth-order valence-corrected chi connectivity index (χ4v) is 2.91. The summed E-state index contributed by atoms with van der Waals surface area (Å²) in [6.07, 6.45) is 0.493. The van der Waals surface area contributed by atoms with Crippen molar-refractivity contribution in [1.29, 1.82) is 0 Å². The van der Waals surface area contributed by atoms with E-state index in [9.17, 15) is 14.7 Å². The highest BCUT2D eigenvalue weighted by molar-refractivity contribution is 6.09. The maximum Gasteiger partial charge on any atom is 0.209 e. The molecule has 2 heterocycles. The van der Waals surface area contributed by atoms with Gasteiger partial charge < -0.3 is 14.5 Å². The van der Waals surface area contributed by atoms with Crippen LogP contribution in [-0.4, -0.2) is 16.3 Å². The highest BCUT2D eigenvalue weighted by Gasteiger charge is 2.29. The van der Waals surface area contributed by atoms with Crippen molar-refractivity contribution in [2.45, 2.75) is 25.8 Å². The zero-order valence-electron chi connectivity index (χ0n) is 11.1. The van der Waals surface area contributed by atoms with Crippen molar-refractivity contribution < 1.29 is 14.7 Å². The molecular formula is C16H14NO3-. The molecule has 1 aliphatic rings. The molecule has 0 saturated carbocycles. The fraction of sp³-hybridized carbons (Fsp3) is 0.250. The lowest BCUT2D eigenvalue weighted by Gasteiger charge is -2.09. The van der Waals surface area contributed by atoms with E-state index in [0.717, 1.165) is 5.56 Å². The standard InChI is InChI=1S/C16H15NO3/c1-10-9-13-12(16(19)20)7-8-17(13)14(10)15(18)11-5-3-2-4-6-11/h2-6,9,12H,7-8H2,1H3,(H,19,20)/p-1. The van der Waals surface area contributed by atoms with Crippen LogP contribution in [-0.2, 0) is 11.3 Å². The zero-order valence-corrected chi connectivity index (χ0v) is 11.1. The lowest BCUT2D eigenvalue weighted by Crippen LogP contribution is -2.28. The Morgan fingerprint density at radius 2 is 1.95 bits per heavy atom. The third kappa shape index (κ3) is 1.84. The van der Waals surface area contributed by atoms with Gasteiger partial charge in [-0.15, -0.1) is 0 Å². The van der Waals surface area contributed by atoms with Gasteiger partial charge in [-0.1, -0.05) is 30.3 Å². The van der Waals surface area contributed by atoms with Crippen molar-refractivity contribution in [3.05, 3.63) is 58.9 Å². The van der Waals surface area contributed by atoms with Gasteiger partial charge in [-0.05, 0) is 25.0 Å². The molecule has 0 aliphatic carbocycles. The molecule has 0 radical (unpaired) electrons. The largest absolute Gasteiger partial charge is 0.549 e. The van der Waals surface area contributed by atoms with E-state index in [1.54, 1.807) is 18.2 Å². The lowest BCUT2D eigenvalue weighted by atomic mass is 10.0. The van der Waals surface area contributed by atoms with Crippen LogP contribution in [0.15, 0.2) is 36.4 Å². The normalized spacial score (nSPS) is 16.9. The Morgan fingerprint density at radius 3 is 2.60 bits per heavy atom. The molecule has 1 aliphatic heterocycles. The molecule has 0 N–H and O–H groups in total. The topological polar surface area (TPSA) is 62.1 Å². The van der Waals surface area contributed by atoms with Gasteiger partial charge in [-0.25, -0.2) is 0 Å². The van der Waals surface area contributed by atoms with Crippen LogP contribution < -0.4 is 5.11 Å². The predicted octanol–water partition coefficient (Wildman–Crippen LogP) is 1.26. The molecule has 3 rings (SSSR count). The Morgan fingerprint density at radius 1 is 1.25 bits per heavy atom. The van der Waals surface area contributed by atoms with E-state index in [4.69, 9.17) is 0 Å². The molecule has 4 heteroatoms. The van der Waals surface area contributed by atoms with Gasteiger partial charge in [0.15, 0.2) is 0 Å². The first kappa shape index (κ1) is 12.7. The second kappa shape index (κ2) is 4.63. The summed E-state index contributed by atoms with van der Waals surface area (Å²) >= 11 is 0. The summed E-state index contributed by atoms with van der Waals surface area (Å²) < 4.78 is 1.82. The van der Waals surface area contributed by atoms with Crippen molar-refractivity contribution in [3.8, 4) is 0 Å². The first-order chi connectivity index (χ1) is 9.59. The molecule has 0 amide bonds. The molecule has 0 saturated heterocycles. The van der Waals surface area contributed by atoms with Crippen LogP contribution in [0, 0.1) is 6.92 Å². The van der Waals surface area contributed by atoms with Gasteiger partial charge >= 0.3 is 0 Å². The number of carboxylic acids is 1. The van der Waals surface area contributed by atoms with Gasteiger partial charge in [0, 0.05) is 23.7 Å². The smallest absolute Gasteiger partial charge is 0.209 e. The zero-order chi connectivity index (χ0) is 14.3. The van der Waals surface area contributed by atoms with E-state index < -0.39 is 11.9 Å².